The number of anilines is 1. The number of hydrogen-bond donors (Lipinski definition) is 3. The Kier molecular flexibility index (Phi) is 4.16. The third-order valence-corrected chi connectivity index (χ3v) is 3.61. The Morgan fingerprint density at radius 2 is 2.24 bits per heavy atom. The summed E-state index contributed by atoms with van der Waals surface area (Å²) in [6, 6.07) is 10.4. The molecule has 3 rings (SSSR count). The van der Waals surface area contributed by atoms with Crippen LogP contribution in [0.5, 0.6) is 0 Å². The van der Waals surface area contributed by atoms with Crippen molar-refractivity contribution in [2.75, 3.05) is 18.4 Å². The minimum atomic E-state index is -0.178. The second-order valence-electron chi connectivity index (χ2n) is 5.29. The van der Waals surface area contributed by atoms with E-state index in [-0.39, 0.29) is 12.1 Å². The highest BCUT2D eigenvalue weighted by Gasteiger charge is 2.23. The van der Waals surface area contributed by atoms with Crippen molar-refractivity contribution in [3.63, 3.8) is 0 Å². The molecule has 3 N–H and O–H groups in total. The van der Waals surface area contributed by atoms with Crippen LogP contribution < -0.4 is 10.6 Å². The van der Waals surface area contributed by atoms with E-state index in [1.807, 2.05) is 6.07 Å². The summed E-state index contributed by atoms with van der Waals surface area (Å²) in [6.07, 6.45) is 4.21. The van der Waals surface area contributed by atoms with E-state index < -0.39 is 0 Å². The monoisotopic (exact) mass is 285 g/mol. The molecule has 110 valence electrons. The van der Waals surface area contributed by atoms with E-state index in [4.69, 9.17) is 0 Å². The second-order valence-corrected chi connectivity index (χ2v) is 5.29. The molecule has 1 aliphatic heterocycles. The summed E-state index contributed by atoms with van der Waals surface area (Å²) in [7, 11) is 0. The molecule has 1 aromatic heterocycles. The smallest absolute Gasteiger partial charge is 0.319 e. The Hall–Kier alpha value is -2.34. The van der Waals surface area contributed by atoms with Crippen LogP contribution in [0.4, 0.5) is 10.5 Å². The van der Waals surface area contributed by atoms with Crippen LogP contribution in [0.3, 0.4) is 0 Å². The van der Waals surface area contributed by atoms with Gasteiger partial charge in [-0.15, -0.1) is 0 Å². The number of amides is 2. The van der Waals surface area contributed by atoms with Crippen LogP contribution >= 0.6 is 0 Å². The lowest BCUT2D eigenvalue weighted by molar-refractivity contribution is 0.247. The predicted octanol–water partition coefficient (Wildman–Crippen LogP) is 1.81. The fraction of sp³-hybridized carbons (Fsp3) is 0.333. The molecule has 6 heteroatoms. The van der Waals surface area contributed by atoms with E-state index >= 15 is 0 Å². The lowest BCUT2D eigenvalue weighted by Gasteiger charge is -2.16. The molecular formula is C15H19N5O. The average molecular weight is 285 g/mol. The third kappa shape index (κ3) is 3.82. The third-order valence-electron chi connectivity index (χ3n) is 3.61. The van der Waals surface area contributed by atoms with Gasteiger partial charge in [0.05, 0.1) is 11.9 Å². The van der Waals surface area contributed by atoms with Gasteiger partial charge >= 0.3 is 6.03 Å². The minimum absolute atomic E-state index is 0.178. The summed E-state index contributed by atoms with van der Waals surface area (Å²) in [5, 5.41) is 12.2. The summed E-state index contributed by atoms with van der Waals surface area (Å²) >= 11 is 0. The van der Waals surface area contributed by atoms with Crippen molar-refractivity contribution in [3.8, 4) is 0 Å². The minimum Gasteiger partial charge on any atom is -0.334 e. The number of rotatable bonds is 4. The van der Waals surface area contributed by atoms with Crippen LogP contribution in [-0.4, -0.2) is 40.3 Å². The number of aromatic amines is 1. The molecule has 1 unspecified atom stereocenters. The van der Waals surface area contributed by atoms with E-state index in [1.54, 1.807) is 12.4 Å². The molecule has 1 saturated heterocycles. The lowest BCUT2D eigenvalue weighted by Crippen LogP contribution is -2.39. The van der Waals surface area contributed by atoms with Crippen LogP contribution in [0.15, 0.2) is 42.7 Å². The van der Waals surface area contributed by atoms with E-state index in [1.165, 1.54) is 5.56 Å². The normalized spacial score (nSPS) is 18.6. The van der Waals surface area contributed by atoms with Crippen molar-refractivity contribution in [3.05, 3.63) is 48.3 Å². The molecule has 1 aromatic carbocycles. The van der Waals surface area contributed by atoms with E-state index in [0.717, 1.165) is 26.1 Å². The molecule has 0 aliphatic carbocycles. The fourth-order valence-corrected chi connectivity index (χ4v) is 2.61. The van der Waals surface area contributed by atoms with Gasteiger partial charge in [0.15, 0.2) is 0 Å². The number of likely N-dealkylation sites (tertiary alicyclic amines) is 1. The molecule has 2 heterocycles. The molecule has 0 spiro atoms. The highest BCUT2D eigenvalue weighted by atomic mass is 16.2. The highest BCUT2D eigenvalue weighted by molar-refractivity contribution is 5.89. The van der Waals surface area contributed by atoms with Crippen LogP contribution in [0.1, 0.15) is 12.0 Å². The molecule has 0 radical (unpaired) electrons. The largest absolute Gasteiger partial charge is 0.334 e. The SMILES string of the molecule is O=C(Nc1cn[nH]c1)NC1CCN(Cc2ccccc2)C1. The topological polar surface area (TPSA) is 73.0 Å². The predicted molar refractivity (Wildman–Crippen MR) is 80.9 cm³/mol. The molecule has 0 bridgehead atoms. The number of benzene rings is 1. The molecule has 0 saturated carbocycles. The maximum atomic E-state index is 11.8. The van der Waals surface area contributed by atoms with Crippen molar-refractivity contribution in [2.45, 2.75) is 19.0 Å². The number of nitrogens with zero attached hydrogens (tertiary/aromatic N) is 2. The quantitative estimate of drug-likeness (QED) is 0.802. The van der Waals surface area contributed by atoms with Crippen molar-refractivity contribution < 1.29 is 4.79 Å². The summed E-state index contributed by atoms with van der Waals surface area (Å²) in [4.78, 5) is 14.2. The van der Waals surface area contributed by atoms with Crippen LogP contribution in [0, 0.1) is 0 Å². The summed E-state index contributed by atoms with van der Waals surface area (Å²) in [5.74, 6) is 0. The van der Waals surface area contributed by atoms with Gasteiger partial charge in [-0.1, -0.05) is 30.3 Å². The molecule has 21 heavy (non-hydrogen) atoms. The number of carbonyl (C=O) groups is 1. The lowest BCUT2D eigenvalue weighted by atomic mass is 10.2. The molecular weight excluding hydrogens is 266 g/mol. The first-order chi connectivity index (χ1) is 10.3. The zero-order chi connectivity index (χ0) is 14.5. The Bertz CT molecular complexity index is 569. The van der Waals surface area contributed by atoms with Gasteiger partial charge in [-0.25, -0.2) is 4.79 Å². The molecule has 1 fully saturated rings. The zero-order valence-corrected chi connectivity index (χ0v) is 11.7. The van der Waals surface area contributed by atoms with Gasteiger partial charge in [-0.05, 0) is 12.0 Å². The van der Waals surface area contributed by atoms with Gasteiger partial charge < -0.3 is 10.6 Å². The summed E-state index contributed by atoms with van der Waals surface area (Å²) in [6.45, 7) is 2.82. The molecule has 2 amide bonds. The Balaban J connectivity index is 1.45. The number of H-pyrrole nitrogens is 1. The number of aromatic nitrogens is 2. The second kappa shape index (κ2) is 6.41. The average Bonchev–Trinajstić information content (AvgIpc) is 3.12. The molecule has 1 atom stereocenters. The van der Waals surface area contributed by atoms with Crippen molar-refractivity contribution in [1.82, 2.24) is 20.4 Å². The van der Waals surface area contributed by atoms with Gasteiger partial charge in [0.25, 0.3) is 0 Å². The Morgan fingerprint density at radius 1 is 1.38 bits per heavy atom. The van der Waals surface area contributed by atoms with E-state index in [9.17, 15) is 4.79 Å². The van der Waals surface area contributed by atoms with Crippen LogP contribution in [-0.2, 0) is 6.54 Å². The number of nitrogens with one attached hydrogen (secondary N) is 3. The Labute approximate surface area is 123 Å². The molecule has 1 aliphatic rings. The van der Waals surface area contributed by atoms with Crippen molar-refractivity contribution in [2.24, 2.45) is 0 Å². The first-order valence-electron chi connectivity index (χ1n) is 7.12. The van der Waals surface area contributed by atoms with E-state index in [0.29, 0.717) is 5.69 Å². The fourth-order valence-electron chi connectivity index (χ4n) is 2.61. The standard InChI is InChI=1S/C15H19N5O/c21-15(19-14-8-16-17-9-14)18-13-6-7-20(11-13)10-12-4-2-1-3-5-12/h1-5,8-9,13H,6-7,10-11H2,(H,16,17)(H2,18,19,21). The van der Waals surface area contributed by atoms with Gasteiger partial charge in [-0.3, -0.25) is 10.00 Å². The highest BCUT2D eigenvalue weighted by Crippen LogP contribution is 2.13. The number of hydrogen-bond acceptors (Lipinski definition) is 3. The Morgan fingerprint density at radius 3 is 3.00 bits per heavy atom. The van der Waals surface area contributed by atoms with Gasteiger partial charge in [0.2, 0.25) is 0 Å². The van der Waals surface area contributed by atoms with Gasteiger partial charge in [0.1, 0.15) is 0 Å². The van der Waals surface area contributed by atoms with Crippen LogP contribution in [0.25, 0.3) is 0 Å². The maximum Gasteiger partial charge on any atom is 0.319 e. The zero-order valence-electron chi connectivity index (χ0n) is 11.7. The van der Waals surface area contributed by atoms with Crippen molar-refractivity contribution >= 4 is 11.7 Å². The van der Waals surface area contributed by atoms with Crippen LogP contribution in [0.2, 0.25) is 0 Å². The first-order valence-corrected chi connectivity index (χ1v) is 7.12. The van der Waals surface area contributed by atoms with Gasteiger partial charge in [-0.2, -0.15) is 5.10 Å². The summed E-state index contributed by atoms with van der Waals surface area (Å²) < 4.78 is 0. The maximum absolute atomic E-state index is 11.8. The van der Waals surface area contributed by atoms with Gasteiger partial charge in [0, 0.05) is 31.9 Å². The van der Waals surface area contributed by atoms with Crippen molar-refractivity contribution in [1.29, 1.82) is 0 Å². The molecule has 2 aromatic rings. The molecule has 6 nitrogen and oxygen atoms in total. The first kappa shape index (κ1) is 13.6. The number of urea groups is 1. The number of carbonyl (C=O) groups excluding carboxylic acids is 1. The van der Waals surface area contributed by atoms with E-state index in [2.05, 4.69) is 50.0 Å². The summed E-state index contributed by atoms with van der Waals surface area (Å²) in [5.41, 5.74) is 1.98.